The summed E-state index contributed by atoms with van der Waals surface area (Å²) in [6.07, 6.45) is 0.158. The standard InChI is InChI=1S/C15H24O6/c1-14(2,3)19-10(16)7-9-8-18-13(17-6)12-11(9)20-15(4,5)21-12/h7,11-13H,8H2,1-6H3/b9-7+/t11-,12-,13-/m0/s1. The van der Waals surface area contributed by atoms with E-state index >= 15 is 0 Å². The van der Waals surface area contributed by atoms with Gasteiger partial charge in [0.15, 0.2) is 12.1 Å². The second-order valence-electron chi connectivity index (χ2n) is 6.69. The lowest BCUT2D eigenvalue weighted by atomic mass is 10.0. The molecule has 6 nitrogen and oxygen atoms in total. The monoisotopic (exact) mass is 300 g/mol. The maximum atomic E-state index is 11.9. The third-order valence-electron chi connectivity index (χ3n) is 3.12. The van der Waals surface area contributed by atoms with Gasteiger partial charge in [0, 0.05) is 13.2 Å². The molecule has 3 atom stereocenters. The fraction of sp³-hybridized carbons (Fsp3) is 0.800. The first-order valence-electron chi connectivity index (χ1n) is 7.05. The van der Waals surface area contributed by atoms with Crippen LogP contribution in [0.3, 0.4) is 0 Å². The van der Waals surface area contributed by atoms with Crippen molar-refractivity contribution in [2.45, 2.75) is 64.5 Å². The highest BCUT2D eigenvalue weighted by atomic mass is 16.8. The molecule has 0 aromatic carbocycles. The van der Waals surface area contributed by atoms with E-state index in [1.54, 1.807) is 7.11 Å². The van der Waals surface area contributed by atoms with Gasteiger partial charge in [-0.15, -0.1) is 0 Å². The summed E-state index contributed by atoms with van der Waals surface area (Å²) in [5.74, 6) is -1.16. The summed E-state index contributed by atoms with van der Waals surface area (Å²) >= 11 is 0. The quantitative estimate of drug-likeness (QED) is 0.572. The van der Waals surface area contributed by atoms with Crippen molar-refractivity contribution in [2.75, 3.05) is 13.7 Å². The largest absolute Gasteiger partial charge is 0.457 e. The minimum atomic E-state index is -0.743. The fourth-order valence-electron chi connectivity index (χ4n) is 2.44. The van der Waals surface area contributed by atoms with E-state index < -0.39 is 29.8 Å². The zero-order valence-electron chi connectivity index (χ0n) is 13.5. The van der Waals surface area contributed by atoms with Crippen LogP contribution >= 0.6 is 0 Å². The lowest BCUT2D eigenvalue weighted by Gasteiger charge is -2.32. The second-order valence-corrected chi connectivity index (χ2v) is 6.69. The number of esters is 1. The van der Waals surface area contributed by atoms with Crippen LogP contribution in [0.15, 0.2) is 11.6 Å². The van der Waals surface area contributed by atoms with Gasteiger partial charge in [0.25, 0.3) is 0 Å². The average molecular weight is 300 g/mol. The number of fused-ring (bicyclic) bond motifs is 1. The van der Waals surface area contributed by atoms with E-state index in [4.69, 9.17) is 23.7 Å². The Labute approximate surface area is 125 Å². The summed E-state index contributed by atoms with van der Waals surface area (Å²) in [4.78, 5) is 11.9. The fourth-order valence-corrected chi connectivity index (χ4v) is 2.44. The van der Waals surface area contributed by atoms with Crippen LogP contribution in [-0.2, 0) is 28.5 Å². The SMILES string of the molecule is CO[C@H]1OC/C(=C\C(=O)OC(C)(C)C)[C@@H]2OC(C)(C)O[C@H]12. The van der Waals surface area contributed by atoms with Crippen LogP contribution in [0, 0.1) is 0 Å². The number of carbonyl (C=O) groups is 1. The molecule has 0 aromatic heterocycles. The number of hydrogen-bond acceptors (Lipinski definition) is 6. The Morgan fingerprint density at radius 3 is 2.57 bits per heavy atom. The van der Waals surface area contributed by atoms with Crippen LogP contribution in [0.25, 0.3) is 0 Å². The maximum Gasteiger partial charge on any atom is 0.331 e. The van der Waals surface area contributed by atoms with Gasteiger partial charge < -0.3 is 23.7 Å². The molecule has 2 fully saturated rings. The molecule has 0 unspecified atom stereocenters. The molecular weight excluding hydrogens is 276 g/mol. The maximum absolute atomic E-state index is 11.9. The normalized spacial score (nSPS) is 33.8. The molecule has 0 N–H and O–H groups in total. The van der Waals surface area contributed by atoms with Crippen molar-refractivity contribution < 1.29 is 28.5 Å². The van der Waals surface area contributed by atoms with Crippen LogP contribution < -0.4 is 0 Å². The number of rotatable bonds is 2. The van der Waals surface area contributed by atoms with Crippen molar-refractivity contribution in [3.05, 3.63) is 11.6 Å². The molecule has 6 heteroatoms. The lowest BCUT2D eigenvalue weighted by molar-refractivity contribution is -0.212. The number of carbonyl (C=O) groups excluding carboxylic acids is 1. The Kier molecular flexibility index (Phi) is 4.44. The summed E-state index contributed by atoms with van der Waals surface area (Å²) in [7, 11) is 1.55. The molecule has 2 aliphatic rings. The van der Waals surface area contributed by atoms with Gasteiger partial charge in [-0.1, -0.05) is 0 Å². The number of methoxy groups -OCH3 is 1. The third kappa shape index (κ3) is 4.03. The highest BCUT2D eigenvalue weighted by Crippen LogP contribution is 2.37. The van der Waals surface area contributed by atoms with E-state index in [9.17, 15) is 4.79 Å². The highest BCUT2D eigenvalue weighted by Gasteiger charge is 2.50. The molecular formula is C15H24O6. The first kappa shape index (κ1) is 16.4. The van der Waals surface area contributed by atoms with E-state index in [0.29, 0.717) is 5.57 Å². The minimum Gasteiger partial charge on any atom is -0.457 e. The molecule has 0 saturated carbocycles. The van der Waals surface area contributed by atoms with Gasteiger partial charge in [-0.3, -0.25) is 0 Å². The molecule has 0 aliphatic carbocycles. The van der Waals surface area contributed by atoms with Gasteiger partial charge >= 0.3 is 5.97 Å². The van der Waals surface area contributed by atoms with Crippen LogP contribution in [0.1, 0.15) is 34.6 Å². The van der Waals surface area contributed by atoms with Crippen LogP contribution in [0.5, 0.6) is 0 Å². The van der Waals surface area contributed by atoms with Gasteiger partial charge in [0.05, 0.1) is 6.61 Å². The van der Waals surface area contributed by atoms with Crippen LogP contribution in [0.4, 0.5) is 0 Å². The zero-order valence-corrected chi connectivity index (χ0v) is 13.5. The van der Waals surface area contributed by atoms with Crippen molar-refractivity contribution in [2.24, 2.45) is 0 Å². The predicted molar refractivity (Wildman–Crippen MR) is 74.5 cm³/mol. The molecule has 0 bridgehead atoms. The van der Waals surface area contributed by atoms with Crippen LogP contribution in [0.2, 0.25) is 0 Å². The predicted octanol–water partition coefficient (Wildman–Crippen LogP) is 1.78. The van der Waals surface area contributed by atoms with Crippen molar-refractivity contribution in [1.82, 2.24) is 0 Å². The van der Waals surface area contributed by atoms with Gasteiger partial charge in [0.1, 0.15) is 17.8 Å². The molecule has 120 valence electrons. The van der Waals surface area contributed by atoms with Crippen molar-refractivity contribution in [3.8, 4) is 0 Å². The van der Waals surface area contributed by atoms with Crippen molar-refractivity contribution in [1.29, 1.82) is 0 Å². The summed E-state index contributed by atoms with van der Waals surface area (Å²) in [5, 5.41) is 0. The first-order chi connectivity index (χ1) is 9.61. The second kappa shape index (κ2) is 5.68. The Balaban J connectivity index is 2.16. The van der Waals surface area contributed by atoms with E-state index in [2.05, 4.69) is 0 Å². The summed E-state index contributed by atoms with van der Waals surface area (Å²) in [6, 6.07) is 0. The first-order valence-corrected chi connectivity index (χ1v) is 7.05. The van der Waals surface area contributed by atoms with E-state index in [0.717, 1.165) is 0 Å². The molecule has 0 aromatic rings. The molecule has 2 aliphatic heterocycles. The van der Waals surface area contributed by atoms with E-state index in [1.165, 1.54) is 6.08 Å². The molecule has 0 radical (unpaired) electrons. The Morgan fingerprint density at radius 2 is 2.00 bits per heavy atom. The lowest BCUT2D eigenvalue weighted by Crippen LogP contribution is -2.45. The van der Waals surface area contributed by atoms with Crippen molar-refractivity contribution >= 4 is 5.97 Å². The minimum absolute atomic E-state index is 0.248. The van der Waals surface area contributed by atoms with Gasteiger partial charge in [-0.2, -0.15) is 0 Å². The van der Waals surface area contributed by atoms with E-state index in [1.807, 2.05) is 34.6 Å². The Morgan fingerprint density at radius 1 is 1.33 bits per heavy atom. The van der Waals surface area contributed by atoms with Crippen molar-refractivity contribution in [3.63, 3.8) is 0 Å². The molecule has 2 rings (SSSR count). The summed E-state index contributed by atoms with van der Waals surface area (Å²) in [6.45, 7) is 9.36. The van der Waals surface area contributed by atoms with Gasteiger partial charge in [-0.05, 0) is 40.2 Å². The topological polar surface area (TPSA) is 63.2 Å². The molecule has 0 amide bonds. The van der Waals surface area contributed by atoms with Crippen LogP contribution in [-0.4, -0.2) is 49.6 Å². The Hall–Kier alpha value is -0.950. The molecule has 2 heterocycles. The molecule has 2 saturated heterocycles. The zero-order chi connectivity index (χ0) is 15.8. The molecule has 0 spiro atoms. The Bertz CT molecular complexity index is 434. The highest BCUT2D eigenvalue weighted by molar-refractivity contribution is 5.83. The number of hydrogen-bond donors (Lipinski definition) is 0. The van der Waals surface area contributed by atoms with Gasteiger partial charge in [0.2, 0.25) is 0 Å². The third-order valence-corrected chi connectivity index (χ3v) is 3.12. The smallest absolute Gasteiger partial charge is 0.331 e. The average Bonchev–Trinajstić information content (AvgIpc) is 2.62. The van der Waals surface area contributed by atoms with Gasteiger partial charge in [-0.25, -0.2) is 4.79 Å². The number of ether oxygens (including phenoxy) is 5. The summed E-state index contributed by atoms with van der Waals surface area (Å²) < 4.78 is 27.8. The van der Waals surface area contributed by atoms with E-state index in [-0.39, 0.29) is 12.7 Å². The summed E-state index contributed by atoms with van der Waals surface area (Å²) in [5.41, 5.74) is 0.165. The molecule has 21 heavy (non-hydrogen) atoms.